The van der Waals surface area contributed by atoms with Crippen LogP contribution in [-0.4, -0.2) is 17.1 Å². The number of nitrogens with zero attached hydrogens (tertiary/aromatic N) is 2. The summed E-state index contributed by atoms with van der Waals surface area (Å²) in [5.74, 6) is -0.540. The highest BCUT2D eigenvalue weighted by molar-refractivity contribution is 7.19. The zero-order valence-corrected chi connectivity index (χ0v) is 13.7. The molecular weight excluding hydrogens is 332 g/mol. The van der Waals surface area contributed by atoms with E-state index in [2.05, 4.69) is 4.98 Å². The lowest BCUT2D eigenvalue weighted by Crippen LogP contribution is -2.13. The Morgan fingerprint density at radius 1 is 1.35 bits per heavy atom. The molecule has 0 amide bonds. The maximum atomic E-state index is 12.4. The van der Waals surface area contributed by atoms with E-state index >= 15 is 0 Å². The van der Waals surface area contributed by atoms with E-state index in [-0.39, 0.29) is 0 Å². The second-order valence-corrected chi connectivity index (χ2v) is 6.57. The maximum absolute atomic E-state index is 12.4. The molecule has 2 aromatic heterocycles. The van der Waals surface area contributed by atoms with Crippen molar-refractivity contribution in [3.8, 4) is 16.6 Å². The number of para-hydroxylation sites is 1. The normalized spacial score (nSPS) is 11.9. The molecule has 3 aromatic rings. The third-order valence-electron chi connectivity index (χ3n) is 3.23. The zero-order valence-electron chi connectivity index (χ0n) is 12.1. The number of nitriles is 1. The van der Waals surface area contributed by atoms with Crippen LogP contribution in [0.2, 0.25) is 4.34 Å². The number of rotatable bonds is 3. The van der Waals surface area contributed by atoms with Gasteiger partial charge < -0.3 is 4.74 Å². The molecule has 114 valence electrons. The SMILES string of the molecule is C[C@H](C#N)OC(=O)c1cc(-c2ccc(Cl)s2)nc2ccccc12. The minimum absolute atomic E-state index is 0.386. The number of halogens is 1. The smallest absolute Gasteiger partial charge is 0.340 e. The van der Waals surface area contributed by atoms with E-state index in [1.807, 2.05) is 30.3 Å². The van der Waals surface area contributed by atoms with E-state index < -0.39 is 12.1 Å². The van der Waals surface area contributed by atoms with Gasteiger partial charge >= 0.3 is 5.97 Å². The Bertz CT molecular complexity index is 930. The summed E-state index contributed by atoms with van der Waals surface area (Å²) >= 11 is 7.37. The fourth-order valence-corrected chi connectivity index (χ4v) is 3.18. The Hall–Kier alpha value is -2.42. The number of hydrogen-bond donors (Lipinski definition) is 0. The van der Waals surface area contributed by atoms with Gasteiger partial charge in [0, 0.05) is 5.39 Å². The number of thiophene rings is 1. The molecule has 0 saturated carbocycles. The predicted octanol–water partition coefficient (Wildman–Crippen LogP) is 4.69. The zero-order chi connectivity index (χ0) is 16.4. The molecule has 0 spiro atoms. The highest BCUT2D eigenvalue weighted by atomic mass is 35.5. The molecule has 23 heavy (non-hydrogen) atoms. The van der Waals surface area contributed by atoms with Gasteiger partial charge in [-0.3, -0.25) is 0 Å². The summed E-state index contributed by atoms with van der Waals surface area (Å²) in [4.78, 5) is 17.8. The van der Waals surface area contributed by atoms with Crippen LogP contribution in [0.4, 0.5) is 0 Å². The average molecular weight is 343 g/mol. The fraction of sp³-hybridized carbons (Fsp3) is 0.118. The molecule has 0 aliphatic heterocycles. The molecule has 0 bridgehead atoms. The molecule has 0 unspecified atom stereocenters. The maximum Gasteiger partial charge on any atom is 0.340 e. The van der Waals surface area contributed by atoms with Crippen LogP contribution in [0.25, 0.3) is 21.5 Å². The summed E-state index contributed by atoms with van der Waals surface area (Å²) in [6, 6.07) is 14.5. The molecule has 1 atom stereocenters. The molecule has 4 nitrogen and oxygen atoms in total. The van der Waals surface area contributed by atoms with Gasteiger partial charge in [-0.15, -0.1) is 11.3 Å². The number of esters is 1. The van der Waals surface area contributed by atoms with Gasteiger partial charge in [-0.05, 0) is 31.2 Å². The van der Waals surface area contributed by atoms with Crippen LogP contribution in [0.5, 0.6) is 0 Å². The third-order valence-corrected chi connectivity index (χ3v) is 4.48. The van der Waals surface area contributed by atoms with Crippen molar-refractivity contribution in [2.45, 2.75) is 13.0 Å². The minimum Gasteiger partial charge on any atom is -0.444 e. The quantitative estimate of drug-likeness (QED) is 0.648. The largest absolute Gasteiger partial charge is 0.444 e. The number of aromatic nitrogens is 1. The first-order valence-corrected chi connectivity index (χ1v) is 8.04. The van der Waals surface area contributed by atoms with Crippen LogP contribution in [0.1, 0.15) is 17.3 Å². The van der Waals surface area contributed by atoms with Crippen molar-refractivity contribution in [3.63, 3.8) is 0 Å². The molecule has 6 heteroatoms. The number of benzene rings is 1. The molecule has 0 radical (unpaired) electrons. The second kappa shape index (κ2) is 6.37. The van der Waals surface area contributed by atoms with Gasteiger partial charge in [-0.1, -0.05) is 29.8 Å². The van der Waals surface area contributed by atoms with Crippen molar-refractivity contribution in [2.75, 3.05) is 0 Å². The first kappa shape index (κ1) is 15.5. The average Bonchev–Trinajstić information content (AvgIpc) is 3.00. The minimum atomic E-state index is -0.811. The van der Waals surface area contributed by atoms with E-state index in [1.54, 1.807) is 18.2 Å². The highest BCUT2D eigenvalue weighted by Gasteiger charge is 2.17. The number of carbonyl (C=O) groups is 1. The first-order chi connectivity index (χ1) is 11.1. The Labute approximate surface area is 141 Å². The van der Waals surface area contributed by atoms with Crippen molar-refractivity contribution in [3.05, 3.63) is 52.4 Å². The van der Waals surface area contributed by atoms with Gasteiger partial charge in [0.15, 0.2) is 6.10 Å². The Kier molecular flexibility index (Phi) is 4.28. The van der Waals surface area contributed by atoms with Crippen molar-refractivity contribution in [1.82, 2.24) is 4.98 Å². The molecule has 0 N–H and O–H groups in total. The molecule has 2 heterocycles. The summed E-state index contributed by atoms with van der Waals surface area (Å²) in [6.45, 7) is 1.53. The summed E-state index contributed by atoms with van der Waals surface area (Å²) in [7, 11) is 0. The number of hydrogen-bond acceptors (Lipinski definition) is 5. The first-order valence-electron chi connectivity index (χ1n) is 6.84. The molecule has 0 fully saturated rings. The lowest BCUT2D eigenvalue weighted by Gasteiger charge is -2.10. The molecule has 0 aliphatic carbocycles. The lowest BCUT2D eigenvalue weighted by atomic mass is 10.1. The van der Waals surface area contributed by atoms with Crippen molar-refractivity contribution in [2.24, 2.45) is 0 Å². The van der Waals surface area contributed by atoms with Crippen molar-refractivity contribution in [1.29, 1.82) is 5.26 Å². The van der Waals surface area contributed by atoms with E-state index in [9.17, 15) is 4.79 Å². The van der Waals surface area contributed by atoms with Crippen LogP contribution < -0.4 is 0 Å². The van der Waals surface area contributed by atoms with E-state index in [1.165, 1.54) is 18.3 Å². The standard InChI is InChI=1S/C17H11ClN2O2S/c1-10(9-19)22-17(21)12-8-14(15-6-7-16(18)23-15)20-13-5-3-2-4-11(12)13/h2-8,10H,1H3/t10-/m1/s1. The fourth-order valence-electron chi connectivity index (χ4n) is 2.17. The van der Waals surface area contributed by atoms with Gasteiger partial charge in [0.05, 0.1) is 26.0 Å². The summed E-state index contributed by atoms with van der Waals surface area (Å²) < 4.78 is 5.79. The van der Waals surface area contributed by atoms with Gasteiger partial charge in [0.1, 0.15) is 6.07 Å². The number of pyridine rings is 1. The second-order valence-electron chi connectivity index (χ2n) is 4.85. The number of ether oxygens (including phenoxy) is 1. The summed E-state index contributed by atoms with van der Waals surface area (Å²) in [5.41, 5.74) is 1.72. The highest BCUT2D eigenvalue weighted by Crippen LogP contribution is 2.32. The van der Waals surface area contributed by atoms with Crippen molar-refractivity contribution < 1.29 is 9.53 Å². The predicted molar refractivity (Wildman–Crippen MR) is 90.6 cm³/mol. The Morgan fingerprint density at radius 3 is 2.83 bits per heavy atom. The van der Waals surface area contributed by atoms with Crippen LogP contribution >= 0.6 is 22.9 Å². The molecule has 0 saturated heterocycles. The Morgan fingerprint density at radius 2 is 2.13 bits per heavy atom. The molecular formula is C17H11ClN2O2S. The van der Waals surface area contributed by atoms with E-state index in [4.69, 9.17) is 21.6 Å². The summed E-state index contributed by atoms with van der Waals surface area (Å²) in [5, 5.41) is 9.52. The third kappa shape index (κ3) is 3.19. The van der Waals surface area contributed by atoms with Gasteiger partial charge in [0.25, 0.3) is 0 Å². The monoisotopic (exact) mass is 342 g/mol. The van der Waals surface area contributed by atoms with Gasteiger partial charge in [0.2, 0.25) is 0 Å². The van der Waals surface area contributed by atoms with Crippen LogP contribution in [0, 0.1) is 11.3 Å². The lowest BCUT2D eigenvalue weighted by molar-refractivity contribution is 0.0438. The van der Waals surface area contributed by atoms with Crippen molar-refractivity contribution >= 4 is 39.8 Å². The number of carbonyl (C=O) groups excluding carboxylic acids is 1. The van der Waals surface area contributed by atoms with Gasteiger partial charge in [-0.25, -0.2) is 9.78 Å². The molecule has 0 aliphatic rings. The summed E-state index contributed by atoms with van der Waals surface area (Å²) in [6.07, 6.45) is -0.811. The molecule has 1 aromatic carbocycles. The van der Waals surface area contributed by atoms with E-state index in [0.717, 1.165) is 4.88 Å². The number of fused-ring (bicyclic) bond motifs is 1. The topological polar surface area (TPSA) is 63.0 Å². The molecule has 3 rings (SSSR count). The van der Waals surface area contributed by atoms with Crippen LogP contribution in [0.3, 0.4) is 0 Å². The van der Waals surface area contributed by atoms with Crippen LogP contribution in [0.15, 0.2) is 42.5 Å². The van der Waals surface area contributed by atoms with Gasteiger partial charge in [-0.2, -0.15) is 5.26 Å². The van der Waals surface area contributed by atoms with E-state index in [0.29, 0.717) is 26.5 Å². The Balaban J connectivity index is 2.15. The van der Waals surface area contributed by atoms with Crippen LogP contribution in [-0.2, 0) is 4.74 Å².